The summed E-state index contributed by atoms with van der Waals surface area (Å²) < 4.78 is 36.1. The van der Waals surface area contributed by atoms with Crippen LogP contribution in [0.3, 0.4) is 0 Å². The summed E-state index contributed by atoms with van der Waals surface area (Å²) in [6.45, 7) is 10.2. The number of ether oxygens (including phenoxy) is 2. The van der Waals surface area contributed by atoms with Crippen LogP contribution in [0.1, 0.15) is 26.7 Å². The Labute approximate surface area is 156 Å². The molecule has 0 aromatic rings. The third-order valence-electron chi connectivity index (χ3n) is 5.28. The van der Waals surface area contributed by atoms with Crippen LogP contribution in [-0.4, -0.2) is 62.0 Å². The first-order valence-corrected chi connectivity index (χ1v) is 9.99. The maximum absolute atomic E-state index is 12.4. The molecule has 3 rings (SSSR count). The largest absolute Gasteiger partial charge is 0.486 e. The van der Waals surface area contributed by atoms with E-state index in [4.69, 9.17) is 9.47 Å². The second-order valence-corrected chi connectivity index (χ2v) is 8.11. The van der Waals surface area contributed by atoms with Gasteiger partial charge < -0.3 is 14.4 Å². The lowest BCUT2D eigenvalue weighted by Crippen LogP contribution is -2.67. The summed E-state index contributed by atoms with van der Waals surface area (Å²) >= 11 is 0. The minimum Gasteiger partial charge on any atom is -0.486 e. The standard InChI is InChI=1S/C18H26N2O5S/c1-4-6-16-14(5-2)20(26(22)23)13(3)15(25-16)7-8-17(21)19-9-18(10-19)11-24-12-18/h4-6,13,15,26H,1,7-12H2,2-3H3/b14-5+,16-6+/t13-,15?/m1/s1. The number of carbonyl (C=O) groups is 1. The van der Waals surface area contributed by atoms with Gasteiger partial charge in [0.2, 0.25) is 16.8 Å². The SMILES string of the molecule is C=C/C=C1/OC(CCC(=O)N2CC3(COC3)C2)[C@@H](C)N([SH](=O)=O)/C1=C/C. The fourth-order valence-electron chi connectivity index (χ4n) is 3.79. The maximum Gasteiger partial charge on any atom is 0.225 e. The van der Waals surface area contributed by atoms with Crippen LogP contribution in [0, 0.1) is 5.41 Å². The van der Waals surface area contributed by atoms with E-state index in [-0.39, 0.29) is 23.5 Å². The van der Waals surface area contributed by atoms with Crippen molar-refractivity contribution in [1.29, 1.82) is 0 Å². The van der Waals surface area contributed by atoms with Crippen LogP contribution in [0.25, 0.3) is 0 Å². The van der Waals surface area contributed by atoms with Gasteiger partial charge in [0.1, 0.15) is 11.9 Å². The summed E-state index contributed by atoms with van der Waals surface area (Å²) in [5.74, 6) is 0.550. The number of hydrogen-bond donors (Lipinski definition) is 1. The summed E-state index contributed by atoms with van der Waals surface area (Å²) in [5.41, 5.74) is 0.702. The molecule has 144 valence electrons. The maximum atomic E-state index is 12.4. The van der Waals surface area contributed by atoms with Crippen molar-refractivity contribution in [1.82, 2.24) is 9.21 Å². The zero-order valence-corrected chi connectivity index (χ0v) is 16.1. The molecule has 0 radical (unpaired) electrons. The van der Waals surface area contributed by atoms with Crippen molar-refractivity contribution in [2.45, 2.75) is 38.8 Å². The molecule has 0 N–H and O–H groups in total. The Morgan fingerprint density at radius 1 is 1.38 bits per heavy atom. The summed E-state index contributed by atoms with van der Waals surface area (Å²) in [5, 5.41) is 0. The average molecular weight is 382 g/mol. The fourth-order valence-corrected chi connectivity index (χ4v) is 4.63. The molecule has 2 atom stereocenters. The van der Waals surface area contributed by atoms with Crippen molar-refractivity contribution in [3.05, 3.63) is 36.3 Å². The Morgan fingerprint density at radius 3 is 2.58 bits per heavy atom. The number of carbonyl (C=O) groups excluding carboxylic acids is 1. The van der Waals surface area contributed by atoms with Gasteiger partial charge in [-0.15, -0.1) is 0 Å². The third-order valence-corrected chi connectivity index (χ3v) is 6.22. The van der Waals surface area contributed by atoms with Crippen LogP contribution in [0.2, 0.25) is 0 Å². The normalized spacial score (nSPS) is 30.3. The van der Waals surface area contributed by atoms with E-state index in [1.54, 1.807) is 32.1 Å². The average Bonchev–Trinajstić information content (AvgIpc) is 2.51. The number of hydrogen-bond acceptors (Lipinski definition) is 5. The lowest BCUT2D eigenvalue weighted by Gasteiger charge is -2.55. The number of thiol groups is 1. The molecule has 1 amide bonds. The molecule has 3 heterocycles. The van der Waals surface area contributed by atoms with Gasteiger partial charge in [0.15, 0.2) is 0 Å². The fraction of sp³-hybridized carbons (Fsp3) is 0.611. The highest BCUT2D eigenvalue weighted by atomic mass is 32.2. The minimum atomic E-state index is -2.80. The second kappa shape index (κ2) is 7.44. The molecule has 7 nitrogen and oxygen atoms in total. The first kappa shape index (κ1) is 19.0. The Hall–Kier alpha value is -1.80. The molecule has 0 aromatic heterocycles. The van der Waals surface area contributed by atoms with Crippen LogP contribution in [0.5, 0.6) is 0 Å². The van der Waals surface area contributed by atoms with Crippen LogP contribution >= 0.6 is 0 Å². The Balaban J connectivity index is 1.64. The van der Waals surface area contributed by atoms with Gasteiger partial charge in [-0.3, -0.25) is 9.10 Å². The highest BCUT2D eigenvalue weighted by molar-refractivity contribution is 7.70. The predicted molar refractivity (Wildman–Crippen MR) is 97.6 cm³/mol. The van der Waals surface area contributed by atoms with E-state index < -0.39 is 10.9 Å². The van der Waals surface area contributed by atoms with E-state index in [1.807, 2.05) is 4.90 Å². The van der Waals surface area contributed by atoms with E-state index >= 15 is 0 Å². The molecular weight excluding hydrogens is 356 g/mol. The van der Waals surface area contributed by atoms with Crippen molar-refractivity contribution in [2.24, 2.45) is 5.41 Å². The van der Waals surface area contributed by atoms with Gasteiger partial charge in [-0.05, 0) is 26.3 Å². The quantitative estimate of drug-likeness (QED) is 0.724. The van der Waals surface area contributed by atoms with Gasteiger partial charge in [-0.25, -0.2) is 8.42 Å². The summed E-state index contributed by atoms with van der Waals surface area (Å²) in [6, 6.07) is -0.375. The molecule has 0 saturated carbocycles. The van der Waals surface area contributed by atoms with E-state index in [9.17, 15) is 13.2 Å². The van der Waals surface area contributed by atoms with Crippen LogP contribution in [0.4, 0.5) is 0 Å². The molecule has 0 aliphatic carbocycles. The lowest BCUT2D eigenvalue weighted by molar-refractivity contribution is -0.195. The molecular formula is C18H26N2O5S. The monoisotopic (exact) mass is 382 g/mol. The zero-order valence-electron chi connectivity index (χ0n) is 15.2. The predicted octanol–water partition coefficient (Wildman–Crippen LogP) is 1.21. The minimum absolute atomic E-state index is 0.0856. The first-order valence-electron chi connectivity index (χ1n) is 8.86. The summed E-state index contributed by atoms with van der Waals surface area (Å²) in [7, 11) is -2.80. The number of nitrogens with zero attached hydrogens (tertiary/aromatic N) is 2. The Bertz CT molecular complexity index is 707. The zero-order chi connectivity index (χ0) is 18.9. The molecule has 1 spiro atoms. The molecule has 3 aliphatic heterocycles. The van der Waals surface area contributed by atoms with E-state index in [1.165, 1.54) is 4.31 Å². The van der Waals surface area contributed by atoms with Crippen molar-refractivity contribution < 1.29 is 22.7 Å². The molecule has 3 fully saturated rings. The smallest absolute Gasteiger partial charge is 0.225 e. The van der Waals surface area contributed by atoms with Gasteiger partial charge in [0.05, 0.1) is 30.4 Å². The molecule has 3 aliphatic rings. The number of allylic oxidation sites excluding steroid dienone is 3. The van der Waals surface area contributed by atoms with E-state index in [2.05, 4.69) is 6.58 Å². The molecule has 26 heavy (non-hydrogen) atoms. The Morgan fingerprint density at radius 2 is 2.08 bits per heavy atom. The highest BCUT2D eigenvalue weighted by Crippen LogP contribution is 2.38. The van der Waals surface area contributed by atoms with Crippen LogP contribution in [0.15, 0.2) is 36.3 Å². The van der Waals surface area contributed by atoms with Gasteiger partial charge in [0, 0.05) is 19.5 Å². The highest BCUT2D eigenvalue weighted by Gasteiger charge is 2.50. The molecule has 0 bridgehead atoms. The van der Waals surface area contributed by atoms with E-state index in [0.29, 0.717) is 24.3 Å². The first-order chi connectivity index (χ1) is 12.4. The van der Waals surface area contributed by atoms with Crippen molar-refractivity contribution >= 4 is 16.8 Å². The molecule has 8 heteroatoms. The molecule has 3 saturated heterocycles. The third kappa shape index (κ3) is 3.40. The van der Waals surface area contributed by atoms with Crippen molar-refractivity contribution in [3.63, 3.8) is 0 Å². The van der Waals surface area contributed by atoms with Gasteiger partial charge in [-0.1, -0.05) is 18.7 Å². The van der Waals surface area contributed by atoms with E-state index in [0.717, 1.165) is 26.3 Å². The lowest BCUT2D eigenvalue weighted by atomic mass is 9.78. The topological polar surface area (TPSA) is 76.2 Å². The number of likely N-dealkylation sites (tertiary alicyclic amines) is 1. The summed E-state index contributed by atoms with van der Waals surface area (Å²) in [6.07, 6.45) is 5.33. The molecule has 0 aromatic carbocycles. The number of rotatable bonds is 5. The van der Waals surface area contributed by atoms with Gasteiger partial charge >= 0.3 is 0 Å². The van der Waals surface area contributed by atoms with Crippen molar-refractivity contribution in [3.8, 4) is 0 Å². The number of morpholine rings is 1. The van der Waals surface area contributed by atoms with Gasteiger partial charge in [0.25, 0.3) is 0 Å². The van der Waals surface area contributed by atoms with Gasteiger partial charge in [-0.2, -0.15) is 0 Å². The van der Waals surface area contributed by atoms with Crippen LogP contribution in [-0.2, 0) is 25.2 Å². The Kier molecular flexibility index (Phi) is 5.43. The second-order valence-electron chi connectivity index (χ2n) is 7.20. The van der Waals surface area contributed by atoms with Crippen LogP contribution < -0.4 is 0 Å². The van der Waals surface area contributed by atoms with Crippen molar-refractivity contribution in [2.75, 3.05) is 26.3 Å². The summed E-state index contributed by atoms with van der Waals surface area (Å²) in [4.78, 5) is 14.2. The number of amides is 1. The molecule has 1 unspecified atom stereocenters.